The standard InChI is InChI=1S/C30H42O10/c1-10-17(4)24(31)36-19(6)29(8,35)26(33)37-20-14-16(3)12-13-22-28(7,39-22)15-21-23(20)30(9,27(34)38-21)40-25(32)18(5)11-2/h10-11,14,19-23,35H,12-13,15H2,1-9H3/b16-14+,17-10-,18-11-/t19?,20-,21-,22-,23-,28-,29?,30-/m1/s1. The second-order valence-electron chi connectivity index (χ2n) is 11.6. The van der Waals surface area contributed by atoms with Crippen molar-refractivity contribution >= 4 is 23.9 Å². The average Bonchev–Trinajstić information content (AvgIpc) is 3.46. The van der Waals surface area contributed by atoms with E-state index in [0.717, 1.165) is 12.0 Å². The van der Waals surface area contributed by atoms with Gasteiger partial charge in [0.05, 0.1) is 17.6 Å². The molecular formula is C30H42O10. The number of hydrogen-bond acceptors (Lipinski definition) is 10. The quantitative estimate of drug-likeness (QED) is 0.161. The number of ether oxygens (including phenoxy) is 5. The zero-order chi connectivity index (χ0) is 30.2. The van der Waals surface area contributed by atoms with E-state index < -0.39 is 64.9 Å². The Bertz CT molecular complexity index is 1150. The average molecular weight is 563 g/mol. The molecule has 1 N–H and O–H groups in total. The maximum atomic E-state index is 13.5. The molecule has 2 unspecified atom stereocenters. The first-order valence-electron chi connectivity index (χ1n) is 13.7. The van der Waals surface area contributed by atoms with Gasteiger partial charge in [0.15, 0.2) is 5.60 Å². The van der Waals surface area contributed by atoms with Gasteiger partial charge in [0, 0.05) is 17.6 Å². The smallest absolute Gasteiger partial charge is 0.351 e. The molecular weight excluding hydrogens is 520 g/mol. The number of carbonyl (C=O) groups is 4. The number of fused-ring (bicyclic) bond motifs is 2. The molecule has 2 aliphatic heterocycles. The van der Waals surface area contributed by atoms with Crippen LogP contribution < -0.4 is 0 Å². The molecule has 0 saturated carbocycles. The molecule has 0 spiro atoms. The molecule has 2 heterocycles. The van der Waals surface area contributed by atoms with Crippen LogP contribution in [0.4, 0.5) is 0 Å². The van der Waals surface area contributed by atoms with Gasteiger partial charge in [0.1, 0.15) is 18.3 Å². The van der Waals surface area contributed by atoms with Crippen LogP contribution in [0.1, 0.15) is 81.6 Å². The third-order valence-electron chi connectivity index (χ3n) is 8.49. The van der Waals surface area contributed by atoms with Crippen molar-refractivity contribution in [1.82, 2.24) is 0 Å². The van der Waals surface area contributed by atoms with Crippen LogP contribution in [-0.2, 0) is 42.9 Å². The first-order valence-corrected chi connectivity index (χ1v) is 13.7. The monoisotopic (exact) mass is 562 g/mol. The Labute approximate surface area is 235 Å². The highest BCUT2D eigenvalue weighted by Crippen LogP contribution is 2.50. The summed E-state index contributed by atoms with van der Waals surface area (Å²) in [6, 6.07) is 0. The summed E-state index contributed by atoms with van der Waals surface area (Å²) in [6.45, 7) is 14.3. The summed E-state index contributed by atoms with van der Waals surface area (Å²) < 4.78 is 28.7. The van der Waals surface area contributed by atoms with Gasteiger partial charge in [0.25, 0.3) is 0 Å². The van der Waals surface area contributed by atoms with Gasteiger partial charge in [-0.3, -0.25) is 0 Å². The highest BCUT2D eigenvalue weighted by molar-refractivity contribution is 5.92. The lowest BCUT2D eigenvalue weighted by Gasteiger charge is -2.36. The largest absolute Gasteiger partial charge is 0.459 e. The van der Waals surface area contributed by atoms with Crippen LogP contribution in [0.3, 0.4) is 0 Å². The van der Waals surface area contributed by atoms with Gasteiger partial charge in [-0.2, -0.15) is 0 Å². The summed E-state index contributed by atoms with van der Waals surface area (Å²) in [7, 11) is 0. The molecule has 0 amide bonds. The molecule has 1 aliphatic carbocycles. The van der Waals surface area contributed by atoms with Crippen molar-refractivity contribution in [3.05, 3.63) is 34.9 Å². The van der Waals surface area contributed by atoms with Crippen molar-refractivity contribution in [2.24, 2.45) is 5.92 Å². The molecule has 10 nitrogen and oxygen atoms in total. The SMILES string of the molecule is C/C=C(/C)C(=O)OC(C)C(C)(O)C(=O)O[C@@H]1/C=C(\C)CC[C@H]2O[C@]2(C)C[C@H]2OC(=O)[C@](C)(OC(=O)/C(C)=C\C)[C@H]12. The van der Waals surface area contributed by atoms with Crippen LogP contribution >= 0.6 is 0 Å². The molecule has 0 aromatic carbocycles. The Morgan fingerprint density at radius 1 is 1.15 bits per heavy atom. The lowest BCUT2D eigenvalue weighted by atomic mass is 9.77. The zero-order valence-electron chi connectivity index (χ0n) is 24.9. The fourth-order valence-corrected chi connectivity index (χ4v) is 5.08. The van der Waals surface area contributed by atoms with Crippen LogP contribution in [0.5, 0.6) is 0 Å². The maximum Gasteiger partial charge on any atom is 0.351 e. The molecule has 40 heavy (non-hydrogen) atoms. The van der Waals surface area contributed by atoms with E-state index in [1.807, 2.05) is 13.8 Å². The molecule has 0 bridgehead atoms. The highest BCUT2D eigenvalue weighted by Gasteiger charge is 2.65. The van der Waals surface area contributed by atoms with Crippen molar-refractivity contribution in [3.8, 4) is 0 Å². The first-order chi connectivity index (χ1) is 18.5. The van der Waals surface area contributed by atoms with Gasteiger partial charge >= 0.3 is 23.9 Å². The highest BCUT2D eigenvalue weighted by atomic mass is 16.6. The molecule has 10 heteroatoms. The van der Waals surface area contributed by atoms with Crippen molar-refractivity contribution in [3.63, 3.8) is 0 Å². The molecule has 0 radical (unpaired) electrons. The Kier molecular flexibility index (Phi) is 9.06. The number of aliphatic hydroxyl groups is 1. The minimum Gasteiger partial charge on any atom is -0.459 e. The van der Waals surface area contributed by atoms with Gasteiger partial charge in [0.2, 0.25) is 5.60 Å². The molecule has 8 atom stereocenters. The molecule has 3 aliphatic rings. The fraction of sp³-hybridized carbons (Fsp3) is 0.667. The van der Waals surface area contributed by atoms with Gasteiger partial charge < -0.3 is 28.8 Å². The Morgan fingerprint density at radius 3 is 2.35 bits per heavy atom. The second-order valence-corrected chi connectivity index (χ2v) is 11.6. The van der Waals surface area contributed by atoms with Gasteiger partial charge in [-0.05, 0) is 81.2 Å². The minimum absolute atomic E-state index is 0.0223. The summed E-state index contributed by atoms with van der Waals surface area (Å²) >= 11 is 0. The summed E-state index contributed by atoms with van der Waals surface area (Å²) in [5.41, 5.74) is -3.12. The number of hydrogen-bond donors (Lipinski definition) is 1. The van der Waals surface area contributed by atoms with Gasteiger partial charge in [-0.25, -0.2) is 19.2 Å². The van der Waals surface area contributed by atoms with E-state index in [9.17, 15) is 24.3 Å². The van der Waals surface area contributed by atoms with Gasteiger partial charge in [-0.1, -0.05) is 17.7 Å². The number of epoxide rings is 1. The Hall–Kier alpha value is -2.98. The Balaban J connectivity index is 2.01. The Morgan fingerprint density at radius 2 is 1.75 bits per heavy atom. The number of rotatable bonds is 7. The molecule has 2 saturated heterocycles. The minimum atomic E-state index is -2.23. The van der Waals surface area contributed by atoms with Crippen LogP contribution in [0.2, 0.25) is 0 Å². The van der Waals surface area contributed by atoms with Crippen LogP contribution in [-0.4, -0.2) is 70.2 Å². The maximum absolute atomic E-state index is 13.5. The van der Waals surface area contributed by atoms with Crippen molar-refractivity contribution in [2.75, 3.05) is 0 Å². The first kappa shape index (κ1) is 31.5. The summed E-state index contributed by atoms with van der Waals surface area (Å²) in [5.74, 6) is -4.17. The van der Waals surface area contributed by atoms with E-state index >= 15 is 0 Å². The molecule has 0 aromatic rings. The van der Waals surface area contributed by atoms with E-state index in [1.54, 1.807) is 45.9 Å². The number of carbonyl (C=O) groups excluding carboxylic acids is 4. The molecule has 222 valence electrons. The summed E-state index contributed by atoms with van der Waals surface area (Å²) in [4.78, 5) is 51.9. The molecule has 0 aromatic heterocycles. The van der Waals surface area contributed by atoms with E-state index in [1.165, 1.54) is 20.8 Å². The van der Waals surface area contributed by atoms with Crippen molar-refractivity contribution < 1.29 is 48.0 Å². The van der Waals surface area contributed by atoms with Crippen molar-refractivity contribution in [1.29, 1.82) is 0 Å². The van der Waals surface area contributed by atoms with E-state index in [4.69, 9.17) is 23.7 Å². The summed E-state index contributed by atoms with van der Waals surface area (Å²) in [5, 5.41) is 11.1. The van der Waals surface area contributed by atoms with Gasteiger partial charge in [-0.15, -0.1) is 0 Å². The van der Waals surface area contributed by atoms with E-state index in [-0.39, 0.29) is 6.10 Å². The third-order valence-corrected chi connectivity index (χ3v) is 8.49. The van der Waals surface area contributed by atoms with Crippen LogP contribution in [0.25, 0.3) is 0 Å². The second kappa shape index (κ2) is 11.5. The van der Waals surface area contributed by atoms with Crippen LogP contribution in [0.15, 0.2) is 34.9 Å². The number of esters is 4. The molecule has 3 rings (SSSR count). The topological polar surface area (TPSA) is 138 Å². The van der Waals surface area contributed by atoms with E-state index in [0.29, 0.717) is 24.0 Å². The predicted octanol–water partition coefficient (Wildman–Crippen LogP) is 3.64. The van der Waals surface area contributed by atoms with E-state index in [2.05, 4.69) is 0 Å². The van der Waals surface area contributed by atoms with Crippen LogP contribution in [0, 0.1) is 5.92 Å². The van der Waals surface area contributed by atoms with Crippen molar-refractivity contribution in [2.45, 2.75) is 123 Å². The third kappa shape index (κ3) is 6.17. The number of allylic oxidation sites excluding steroid dienone is 3. The summed E-state index contributed by atoms with van der Waals surface area (Å²) in [6.07, 6.45) is 3.27. The lowest BCUT2D eigenvalue weighted by Crippen LogP contribution is -2.54. The predicted molar refractivity (Wildman–Crippen MR) is 144 cm³/mol. The lowest BCUT2D eigenvalue weighted by molar-refractivity contribution is -0.190. The fourth-order valence-electron chi connectivity index (χ4n) is 5.08. The zero-order valence-corrected chi connectivity index (χ0v) is 24.9. The normalized spacial score (nSPS) is 36.0. The molecule has 2 fully saturated rings.